The second-order valence-electron chi connectivity index (χ2n) is 2.81. The first-order valence-corrected chi connectivity index (χ1v) is 4.72. The van der Waals surface area contributed by atoms with Crippen molar-refractivity contribution in [3.8, 4) is 0 Å². The molecule has 1 rings (SSSR count). The molecule has 0 aliphatic rings. The summed E-state index contributed by atoms with van der Waals surface area (Å²) in [5.41, 5.74) is 0.856. The summed E-state index contributed by atoms with van der Waals surface area (Å²) in [6, 6.07) is 7.41. The van der Waals surface area contributed by atoms with E-state index < -0.39 is 0 Å². The summed E-state index contributed by atoms with van der Waals surface area (Å²) in [4.78, 5) is 13.2. The van der Waals surface area contributed by atoms with Crippen LogP contribution in [0.4, 0.5) is 5.69 Å². The van der Waals surface area contributed by atoms with E-state index in [2.05, 4.69) is 12.6 Å². The highest BCUT2D eigenvalue weighted by Gasteiger charge is 2.03. The SMILES string of the molecule is COCCN(C=O)c1ccc(S)cc1. The fourth-order valence-electron chi connectivity index (χ4n) is 1.08. The quantitative estimate of drug-likeness (QED) is 0.592. The van der Waals surface area contributed by atoms with Gasteiger partial charge in [0.15, 0.2) is 0 Å². The van der Waals surface area contributed by atoms with Crippen LogP contribution in [0.25, 0.3) is 0 Å². The van der Waals surface area contributed by atoms with Gasteiger partial charge in [0.05, 0.1) is 6.61 Å². The Balaban J connectivity index is 2.68. The first-order chi connectivity index (χ1) is 6.77. The van der Waals surface area contributed by atoms with E-state index in [1.54, 1.807) is 12.0 Å². The maximum atomic E-state index is 10.7. The minimum Gasteiger partial charge on any atom is -0.383 e. The van der Waals surface area contributed by atoms with Gasteiger partial charge in [-0.05, 0) is 24.3 Å². The van der Waals surface area contributed by atoms with Gasteiger partial charge in [-0.2, -0.15) is 0 Å². The van der Waals surface area contributed by atoms with Crippen LogP contribution in [0.3, 0.4) is 0 Å². The van der Waals surface area contributed by atoms with Gasteiger partial charge in [-0.15, -0.1) is 12.6 Å². The molecule has 0 aromatic heterocycles. The molecule has 1 aromatic rings. The van der Waals surface area contributed by atoms with Gasteiger partial charge in [0.25, 0.3) is 0 Å². The van der Waals surface area contributed by atoms with E-state index in [4.69, 9.17) is 4.74 Å². The number of carbonyl (C=O) groups is 1. The molecule has 3 nitrogen and oxygen atoms in total. The van der Waals surface area contributed by atoms with E-state index in [0.29, 0.717) is 13.2 Å². The third-order valence-electron chi connectivity index (χ3n) is 1.84. The summed E-state index contributed by atoms with van der Waals surface area (Å²) in [5, 5.41) is 0. The monoisotopic (exact) mass is 211 g/mol. The molecule has 0 atom stereocenters. The number of rotatable bonds is 5. The number of methoxy groups -OCH3 is 1. The standard InChI is InChI=1S/C10H13NO2S/c1-13-7-6-11(8-12)9-2-4-10(14)5-3-9/h2-5,8,14H,6-7H2,1H3. The van der Waals surface area contributed by atoms with Gasteiger partial charge in [-0.25, -0.2) is 0 Å². The highest BCUT2D eigenvalue weighted by molar-refractivity contribution is 7.80. The average Bonchev–Trinajstić information content (AvgIpc) is 2.21. The van der Waals surface area contributed by atoms with Crippen molar-refractivity contribution >= 4 is 24.7 Å². The molecule has 0 N–H and O–H groups in total. The van der Waals surface area contributed by atoms with Crippen molar-refractivity contribution in [2.45, 2.75) is 4.90 Å². The predicted octanol–water partition coefficient (Wildman–Crippen LogP) is 1.58. The number of hydrogen-bond donors (Lipinski definition) is 1. The van der Waals surface area contributed by atoms with E-state index in [0.717, 1.165) is 17.0 Å². The molecule has 14 heavy (non-hydrogen) atoms. The van der Waals surface area contributed by atoms with Crippen LogP contribution in [0.1, 0.15) is 0 Å². The van der Waals surface area contributed by atoms with Crippen LogP contribution in [0.5, 0.6) is 0 Å². The van der Waals surface area contributed by atoms with Crippen LogP contribution in [0.2, 0.25) is 0 Å². The molecule has 0 unspecified atom stereocenters. The molecule has 0 spiro atoms. The van der Waals surface area contributed by atoms with E-state index >= 15 is 0 Å². The molecule has 4 heteroatoms. The number of anilines is 1. The summed E-state index contributed by atoms with van der Waals surface area (Å²) in [5.74, 6) is 0. The van der Waals surface area contributed by atoms with Crippen molar-refractivity contribution in [1.82, 2.24) is 0 Å². The molecule has 0 heterocycles. The lowest BCUT2D eigenvalue weighted by molar-refractivity contribution is -0.107. The molecule has 0 saturated carbocycles. The van der Waals surface area contributed by atoms with Crippen LogP contribution in [0, 0.1) is 0 Å². The first kappa shape index (κ1) is 11.1. The molecule has 1 aromatic carbocycles. The van der Waals surface area contributed by atoms with Crippen molar-refractivity contribution in [2.24, 2.45) is 0 Å². The Morgan fingerprint density at radius 2 is 2.07 bits per heavy atom. The number of hydrogen-bond acceptors (Lipinski definition) is 3. The lowest BCUT2D eigenvalue weighted by Gasteiger charge is -2.16. The number of amides is 1. The van der Waals surface area contributed by atoms with Crippen LogP contribution < -0.4 is 4.90 Å². The van der Waals surface area contributed by atoms with Crippen molar-refractivity contribution in [1.29, 1.82) is 0 Å². The lowest BCUT2D eigenvalue weighted by atomic mass is 10.3. The second-order valence-corrected chi connectivity index (χ2v) is 3.32. The van der Waals surface area contributed by atoms with Gasteiger partial charge in [0.2, 0.25) is 6.41 Å². The Morgan fingerprint density at radius 3 is 2.57 bits per heavy atom. The average molecular weight is 211 g/mol. The summed E-state index contributed by atoms with van der Waals surface area (Å²) in [6.45, 7) is 1.09. The van der Waals surface area contributed by atoms with Crippen molar-refractivity contribution in [3.63, 3.8) is 0 Å². The van der Waals surface area contributed by atoms with Gasteiger partial charge in [-0.3, -0.25) is 4.79 Å². The minimum absolute atomic E-state index is 0.529. The predicted molar refractivity (Wildman–Crippen MR) is 59.0 cm³/mol. The summed E-state index contributed by atoms with van der Waals surface area (Å²) in [6.07, 6.45) is 0.798. The maximum absolute atomic E-state index is 10.7. The van der Waals surface area contributed by atoms with Crippen molar-refractivity contribution in [2.75, 3.05) is 25.2 Å². The van der Waals surface area contributed by atoms with Crippen molar-refractivity contribution in [3.05, 3.63) is 24.3 Å². The normalized spacial score (nSPS) is 9.86. The summed E-state index contributed by atoms with van der Waals surface area (Å²) >= 11 is 4.17. The highest BCUT2D eigenvalue weighted by Crippen LogP contribution is 2.15. The van der Waals surface area contributed by atoms with E-state index in [-0.39, 0.29) is 0 Å². The molecule has 0 fully saturated rings. The number of nitrogens with zero attached hydrogens (tertiary/aromatic N) is 1. The number of ether oxygens (including phenoxy) is 1. The lowest BCUT2D eigenvalue weighted by Crippen LogP contribution is -2.25. The molecule has 76 valence electrons. The van der Waals surface area contributed by atoms with Gasteiger partial charge in [0.1, 0.15) is 0 Å². The third-order valence-corrected chi connectivity index (χ3v) is 2.14. The molecule has 0 aliphatic heterocycles. The Kier molecular flexibility index (Phi) is 4.49. The Hall–Kier alpha value is -1.00. The molecular weight excluding hydrogens is 198 g/mol. The van der Waals surface area contributed by atoms with Gasteiger partial charge >= 0.3 is 0 Å². The fraction of sp³-hybridized carbons (Fsp3) is 0.300. The molecule has 0 saturated heterocycles. The Labute approximate surface area is 89.1 Å². The van der Waals surface area contributed by atoms with Crippen molar-refractivity contribution < 1.29 is 9.53 Å². The molecule has 0 aliphatic carbocycles. The maximum Gasteiger partial charge on any atom is 0.214 e. The summed E-state index contributed by atoms with van der Waals surface area (Å²) in [7, 11) is 1.61. The molecular formula is C10H13NO2S. The zero-order valence-electron chi connectivity index (χ0n) is 8.01. The molecule has 1 amide bonds. The number of benzene rings is 1. The topological polar surface area (TPSA) is 29.5 Å². The number of carbonyl (C=O) groups excluding carboxylic acids is 1. The third kappa shape index (κ3) is 3.05. The fourth-order valence-corrected chi connectivity index (χ4v) is 1.23. The molecule has 0 radical (unpaired) electrons. The van der Waals surface area contributed by atoms with Gasteiger partial charge < -0.3 is 9.64 Å². The second kappa shape index (κ2) is 5.67. The van der Waals surface area contributed by atoms with Gasteiger partial charge in [-0.1, -0.05) is 0 Å². The van der Waals surface area contributed by atoms with Gasteiger partial charge in [0, 0.05) is 24.2 Å². The zero-order valence-corrected chi connectivity index (χ0v) is 8.91. The largest absolute Gasteiger partial charge is 0.383 e. The summed E-state index contributed by atoms with van der Waals surface area (Å²) < 4.78 is 4.90. The molecule has 0 bridgehead atoms. The zero-order chi connectivity index (χ0) is 10.4. The van der Waals surface area contributed by atoms with E-state index in [9.17, 15) is 4.79 Å². The van der Waals surface area contributed by atoms with E-state index in [1.165, 1.54) is 0 Å². The minimum atomic E-state index is 0.529. The van der Waals surface area contributed by atoms with Crippen LogP contribution in [0.15, 0.2) is 29.2 Å². The highest BCUT2D eigenvalue weighted by atomic mass is 32.1. The first-order valence-electron chi connectivity index (χ1n) is 4.28. The van der Waals surface area contributed by atoms with Crippen LogP contribution >= 0.6 is 12.6 Å². The smallest absolute Gasteiger partial charge is 0.214 e. The van der Waals surface area contributed by atoms with E-state index in [1.807, 2.05) is 24.3 Å². The van der Waals surface area contributed by atoms with Crippen LogP contribution in [-0.4, -0.2) is 26.7 Å². The Morgan fingerprint density at radius 1 is 1.43 bits per heavy atom. The van der Waals surface area contributed by atoms with Crippen LogP contribution in [-0.2, 0) is 9.53 Å². The number of thiol groups is 1. The Bertz CT molecular complexity index is 287.